The van der Waals surface area contributed by atoms with Gasteiger partial charge in [0.25, 0.3) is 17.9 Å². The third kappa shape index (κ3) is 6.35. The summed E-state index contributed by atoms with van der Waals surface area (Å²) in [6.45, 7) is 0. The Bertz CT molecular complexity index is 1250. The highest BCUT2D eigenvalue weighted by Gasteiger charge is 2.32. The third-order valence-electron chi connectivity index (χ3n) is 4.46. The Morgan fingerprint density at radius 3 is 2.26 bits per heavy atom. The first kappa shape index (κ1) is 25.7. The van der Waals surface area contributed by atoms with Crippen LogP contribution < -0.4 is 15.6 Å². The molecule has 0 saturated heterocycles. The van der Waals surface area contributed by atoms with E-state index in [0.29, 0.717) is 4.68 Å². The van der Waals surface area contributed by atoms with E-state index in [1.807, 2.05) is 0 Å². The van der Waals surface area contributed by atoms with Gasteiger partial charge >= 0.3 is 6.36 Å². The van der Waals surface area contributed by atoms with Crippen LogP contribution in [0.4, 0.5) is 30.7 Å². The van der Waals surface area contributed by atoms with Crippen molar-refractivity contribution < 1.29 is 45.4 Å². The van der Waals surface area contributed by atoms with Gasteiger partial charge in [-0.05, 0) is 48.5 Å². The van der Waals surface area contributed by atoms with Crippen LogP contribution in [0.25, 0.3) is 16.9 Å². The quantitative estimate of drug-likeness (QED) is 0.479. The van der Waals surface area contributed by atoms with Crippen molar-refractivity contribution in [2.75, 3.05) is 0 Å². The van der Waals surface area contributed by atoms with Crippen LogP contribution in [0.5, 0.6) is 5.75 Å². The molecule has 0 aliphatic rings. The number of benzene rings is 2. The second kappa shape index (κ2) is 10.1. The van der Waals surface area contributed by atoms with Crippen LogP contribution in [-0.4, -0.2) is 46.0 Å². The van der Waals surface area contributed by atoms with E-state index in [-0.39, 0.29) is 16.9 Å². The molecule has 0 spiro atoms. The minimum Gasteiger partial charge on any atom is -0.406 e. The van der Waals surface area contributed by atoms with Gasteiger partial charge in [-0.3, -0.25) is 9.59 Å². The standard InChI is InChI=1S/C21H14F7N3O4/c22-11-2-1-3-12(8-11)31-20(34)14(19(33)29-16(17(23)24)18(25)32)9-15(30-31)10-4-6-13(7-5-10)35-21(26,27)28/h1-9,16-18,32H,(H,29,33)/t16-,18?/m0/s1. The summed E-state index contributed by atoms with van der Waals surface area (Å²) >= 11 is 0. The SMILES string of the molecule is O=C(N[C@H](C(O)F)C(F)F)c1cc(-c2ccc(OC(F)(F)F)cc2)nn(-c2cccc(F)c2)c1=O. The molecule has 3 aromatic rings. The lowest BCUT2D eigenvalue weighted by Gasteiger charge is -2.18. The van der Waals surface area contributed by atoms with Crippen LogP contribution in [0.1, 0.15) is 10.4 Å². The fourth-order valence-corrected chi connectivity index (χ4v) is 2.89. The van der Waals surface area contributed by atoms with Gasteiger partial charge in [0.1, 0.15) is 23.2 Å². The molecule has 1 amide bonds. The van der Waals surface area contributed by atoms with Crippen molar-refractivity contribution in [2.45, 2.75) is 25.2 Å². The Morgan fingerprint density at radius 1 is 1.06 bits per heavy atom. The van der Waals surface area contributed by atoms with Crippen molar-refractivity contribution in [1.82, 2.24) is 15.1 Å². The Morgan fingerprint density at radius 2 is 1.71 bits per heavy atom. The van der Waals surface area contributed by atoms with Gasteiger partial charge in [0.15, 0.2) is 0 Å². The van der Waals surface area contributed by atoms with Crippen molar-refractivity contribution in [1.29, 1.82) is 0 Å². The largest absolute Gasteiger partial charge is 0.573 e. The summed E-state index contributed by atoms with van der Waals surface area (Å²) in [6.07, 6.45) is -11.7. The fraction of sp³-hybridized carbons (Fsp3) is 0.190. The van der Waals surface area contributed by atoms with Gasteiger partial charge in [0.05, 0.1) is 11.4 Å². The number of nitrogens with zero attached hydrogens (tertiary/aromatic N) is 2. The first-order valence-electron chi connectivity index (χ1n) is 9.53. The highest BCUT2D eigenvalue weighted by Crippen LogP contribution is 2.26. The molecule has 0 saturated carbocycles. The maximum atomic E-state index is 13.7. The number of alkyl halides is 6. The highest BCUT2D eigenvalue weighted by molar-refractivity contribution is 5.95. The molecule has 3 rings (SSSR count). The van der Waals surface area contributed by atoms with Crippen molar-refractivity contribution >= 4 is 5.91 Å². The smallest absolute Gasteiger partial charge is 0.406 e. The van der Waals surface area contributed by atoms with E-state index in [4.69, 9.17) is 5.11 Å². The number of ether oxygens (including phenoxy) is 1. The van der Waals surface area contributed by atoms with E-state index in [9.17, 15) is 40.3 Å². The number of rotatable bonds is 7. The van der Waals surface area contributed by atoms with E-state index < -0.39 is 53.8 Å². The number of nitrogens with one attached hydrogen (secondary N) is 1. The first-order chi connectivity index (χ1) is 16.4. The minimum atomic E-state index is -4.96. The van der Waals surface area contributed by atoms with E-state index >= 15 is 0 Å². The minimum absolute atomic E-state index is 0.0506. The van der Waals surface area contributed by atoms with Crippen LogP contribution in [0.3, 0.4) is 0 Å². The van der Waals surface area contributed by atoms with Crippen LogP contribution in [0.2, 0.25) is 0 Å². The van der Waals surface area contributed by atoms with Crippen molar-refractivity contribution in [3.8, 4) is 22.7 Å². The second-order valence-corrected chi connectivity index (χ2v) is 6.92. The van der Waals surface area contributed by atoms with E-state index in [1.54, 1.807) is 0 Å². The summed E-state index contributed by atoms with van der Waals surface area (Å²) in [5, 5.41) is 14.3. The Hall–Kier alpha value is -3.94. The molecule has 0 radical (unpaired) electrons. The number of aliphatic hydroxyl groups excluding tert-OH is 1. The maximum Gasteiger partial charge on any atom is 0.573 e. The number of amides is 1. The summed E-state index contributed by atoms with van der Waals surface area (Å²) in [7, 11) is 0. The summed E-state index contributed by atoms with van der Waals surface area (Å²) in [5.41, 5.74) is -2.41. The summed E-state index contributed by atoms with van der Waals surface area (Å²) in [5.74, 6) is -2.89. The monoisotopic (exact) mass is 505 g/mol. The average molecular weight is 505 g/mol. The number of halogens is 7. The predicted octanol–water partition coefficient (Wildman–Crippen LogP) is 3.59. The van der Waals surface area contributed by atoms with Crippen LogP contribution in [-0.2, 0) is 0 Å². The Balaban J connectivity index is 2.12. The molecule has 1 heterocycles. The molecule has 1 unspecified atom stereocenters. The normalized spacial score (nSPS) is 13.4. The molecular weight excluding hydrogens is 491 g/mol. The zero-order chi connectivity index (χ0) is 25.9. The molecule has 2 atom stereocenters. The Kier molecular flexibility index (Phi) is 7.43. The molecule has 2 aromatic carbocycles. The van der Waals surface area contributed by atoms with Crippen molar-refractivity contribution in [2.24, 2.45) is 0 Å². The van der Waals surface area contributed by atoms with Crippen LogP contribution in [0.15, 0.2) is 59.4 Å². The average Bonchev–Trinajstić information content (AvgIpc) is 2.76. The first-order valence-corrected chi connectivity index (χ1v) is 9.53. The molecule has 7 nitrogen and oxygen atoms in total. The number of carbonyl (C=O) groups excluding carboxylic acids is 1. The van der Waals surface area contributed by atoms with Crippen LogP contribution in [0, 0.1) is 5.82 Å². The Labute approximate surface area is 191 Å². The lowest BCUT2D eigenvalue weighted by molar-refractivity contribution is -0.274. The molecule has 0 aliphatic heterocycles. The number of carbonyl (C=O) groups is 1. The molecular formula is C21H14F7N3O4. The van der Waals surface area contributed by atoms with Gasteiger partial charge in [-0.2, -0.15) is 9.78 Å². The van der Waals surface area contributed by atoms with Gasteiger partial charge in [0, 0.05) is 5.56 Å². The predicted molar refractivity (Wildman–Crippen MR) is 106 cm³/mol. The lowest BCUT2D eigenvalue weighted by atomic mass is 10.1. The third-order valence-corrected chi connectivity index (χ3v) is 4.46. The molecule has 14 heteroatoms. The van der Waals surface area contributed by atoms with Crippen LogP contribution >= 0.6 is 0 Å². The summed E-state index contributed by atoms with van der Waals surface area (Å²) in [6, 6.07) is 6.52. The fourth-order valence-electron chi connectivity index (χ4n) is 2.89. The maximum absolute atomic E-state index is 13.7. The van der Waals surface area contributed by atoms with E-state index in [2.05, 4.69) is 9.84 Å². The van der Waals surface area contributed by atoms with Gasteiger partial charge < -0.3 is 15.2 Å². The highest BCUT2D eigenvalue weighted by atomic mass is 19.4. The molecule has 186 valence electrons. The van der Waals surface area contributed by atoms with Gasteiger partial charge in [-0.25, -0.2) is 17.6 Å². The number of hydrogen-bond acceptors (Lipinski definition) is 5. The molecule has 0 bridgehead atoms. The van der Waals surface area contributed by atoms with Gasteiger partial charge in [0.2, 0.25) is 6.36 Å². The summed E-state index contributed by atoms with van der Waals surface area (Å²) in [4.78, 5) is 25.4. The number of hydrogen-bond donors (Lipinski definition) is 2. The van der Waals surface area contributed by atoms with Gasteiger partial charge in [-0.1, -0.05) is 6.07 Å². The lowest BCUT2D eigenvalue weighted by Crippen LogP contribution is -2.48. The molecule has 0 fully saturated rings. The van der Waals surface area contributed by atoms with Crippen molar-refractivity contribution in [3.63, 3.8) is 0 Å². The molecule has 35 heavy (non-hydrogen) atoms. The zero-order valence-corrected chi connectivity index (χ0v) is 17.1. The topological polar surface area (TPSA) is 93.4 Å². The van der Waals surface area contributed by atoms with E-state index in [0.717, 1.165) is 42.5 Å². The number of aliphatic hydroxyl groups is 1. The zero-order valence-electron chi connectivity index (χ0n) is 17.1. The van der Waals surface area contributed by atoms with E-state index in [1.165, 1.54) is 17.4 Å². The molecule has 2 N–H and O–H groups in total. The van der Waals surface area contributed by atoms with Crippen molar-refractivity contribution in [3.05, 3.63) is 76.3 Å². The molecule has 1 aromatic heterocycles. The summed E-state index contributed by atoms with van der Waals surface area (Å²) < 4.78 is 94.3. The number of aromatic nitrogens is 2. The van der Waals surface area contributed by atoms with Gasteiger partial charge in [-0.15, -0.1) is 13.2 Å². The second-order valence-electron chi connectivity index (χ2n) is 6.92. The molecule has 0 aliphatic carbocycles.